The van der Waals surface area contributed by atoms with E-state index in [0.29, 0.717) is 10.6 Å². The van der Waals surface area contributed by atoms with Crippen molar-refractivity contribution in [1.29, 1.82) is 0 Å². The number of aromatic amines is 1. The Morgan fingerprint density at radius 3 is 2.55 bits per heavy atom. The number of nitrogens with zero attached hydrogens (tertiary/aromatic N) is 1. The summed E-state index contributed by atoms with van der Waals surface area (Å²) >= 11 is 11.3. The molecular formula is C22H17ClN4OS. The number of thiocarbonyl (C=S) groups is 1. The largest absolute Gasteiger partial charge is 0.338 e. The Morgan fingerprint density at radius 2 is 1.83 bits per heavy atom. The second-order valence-corrected chi connectivity index (χ2v) is 7.37. The number of aromatic nitrogens is 2. The van der Waals surface area contributed by atoms with Gasteiger partial charge in [0, 0.05) is 21.8 Å². The molecule has 1 heterocycles. The van der Waals surface area contributed by atoms with Gasteiger partial charge in [-0.2, -0.15) is 0 Å². The van der Waals surface area contributed by atoms with Crippen molar-refractivity contribution in [3.05, 3.63) is 82.9 Å². The SMILES string of the molecule is Cc1ccc(C(=O)NC(=S)Nc2ccc(-c3nc4ccccc4[nH]3)cc2)cc1Cl. The number of carbonyl (C=O) groups excluding carboxylic acids is 1. The van der Waals surface area contributed by atoms with Crippen LogP contribution in [0.4, 0.5) is 5.69 Å². The van der Waals surface area contributed by atoms with Gasteiger partial charge in [-0.15, -0.1) is 0 Å². The van der Waals surface area contributed by atoms with Gasteiger partial charge in [-0.3, -0.25) is 10.1 Å². The zero-order valence-electron chi connectivity index (χ0n) is 15.5. The van der Waals surface area contributed by atoms with E-state index >= 15 is 0 Å². The van der Waals surface area contributed by atoms with E-state index in [4.69, 9.17) is 23.8 Å². The third-order valence-corrected chi connectivity index (χ3v) is 5.08. The summed E-state index contributed by atoms with van der Waals surface area (Å²) in [7, 11) is 0. The molecule has 144 valence electrons. The lowest BCUT2D eigenvalue weighted by molar-refractivity contribution is 0.0977. The van der Waals surface area contributed by atoms with Crippen molar-refractivity contribution in [1.82, 2.24) is 15.3 Å². The number of rotatable bonds is 3. The van der Waals surface area contributed by atoms with Crippen LogP contribution in [0.1, 0.15) is 15.9 Å². The van der Waals surface area contributed by atoms with E-state index < -0.39 is 0 Å². The molecule has 0 aliphatic heterocycles. The van der Waals surface area contributed by atoms with E-state index in [-0.39, 0.29) is 11.0 Å². The Balaban J connectivity index is 1.42. The van der Waals surface area contributed by atoms with Gasteiger partial charge in [-0.1, -0.05) is 29.8 Å². The molecule has 3 N–H and O–H groups in total. The number of hydrogen-bond donors (Lipinski definition) is 3. The van der Waals surface area contributed by atoms with Gasteiger partial charge < -0.3 is 10.3 Å². The van der Waals surface area contributed by atoms with Crippen LogP contribution in [0, 0.1) is 6.92 Å². The van der Waals surface area contributed by atoms with Crippen LogP contribution in [0.25, 0.3) is 22.4 Å². The second-order valence-electron chi connectivity index (χ2n) is 6.55. The molecule has 0 fully saturated rings. The van der Waals surface area contributed by atoms with Gasteiger partial charge in [0.05, 0.1) is 11.0 Å². The van der Waals surface area contributed by atoms with Crippen LogP contribution >= 0.6 is 23.8 Å². The minimum Gasteiger partial charge on any atom is -0.338 e. The number of carbonyl (C=O) groups is 1. The first-order chi connectivity index (χ1) is 14.0. The van der Waals surface area contributed by atoms with Crippen LogP contribution in [-0.2, 0) is 0 Å². The van der Waals surface area contributed by atoms with Gasteiger partial charge in [0.2, 0.25) is 0 Å². The smallest absolute Gasteiger partial charge is 0.257 e. The molecule has 0 unspecified atom stereocenters. The van der Waals surface area contributed by atoms with Crippen molar-refractivity contribution in [3.8, 4) is 11.4 Å². The van der Waals surface area contributed by atoms with E-state index in [1.807, 2.05) is 55.5 Å². The lowest BCUT2D eigenvalue weighted by Crippen LogP contribution is -2.34. The molecule has 7 heteroatoms. The molecule has 4 aromatic rings. The van der Waals surface area contributed by atoms with Crippen LogP contribution < -0.4 is 10.6 Å². The van der Waals surface area contributed by atoms with Crippen LogP contribution in [0.15, 0.2) is 66.7 Å². The predicted molar refractivity (Wildman–Crippen MR) is 121 cm³/mol. The maximum absolute atomic E-state index is 12.3. The molecule has 0 aliphatic rings. The Morgan fingerprint density at radius 1 is 1.07 bits per heavy atom. The average Bonchev–Trinajstić information content (AvgIpc) is 3.14. The van der Waals surface area contributed by atoms with Crippen molar-refractivity contribution >= 4 is 51.6 Å². The highest BCUT2D eigenvalue weighted by Gasteiger charge is 2.10. The third-order valence-electron chi connectivity index (χ3n) is 4.47. The van der Waals surface area contributed by atoms with Crippen molar-refractivity contribution < 1.29 is 4.79 Å². The van der Waals surface area contributed by atoms with Crippen molar-refractivity contribution in [2.24, 2.45) is 0 Å². The maximum atomic E-state index is 12.3. The summed E-state index contributed by atoms with van der Waals surface area (Å²) in [4.78, 5) is 20.2. The molecule has 0 aliphatic carbocycles. The van der Waals surface area contributed by atoms with Gasteiger partial charge in [0.15, 0.2) is 5.11 Å². The highest BCUT2D eigenvalue weighted by atomic mass is 35.5. The fourth-order valence-corrected chi connectivity index (χ4v) is 3.26. The first-order valence-corrected chi connectivity index (χ1v) is 9.72. The number of para-hydroxylation sites is 2. The van der Waals surface area contributed by atoms with Crippen molar-refractivity contribution in [2.45, 2.75) is 6.92 Å². The first-order valence-electron chi connectivity index (χ1n) is 8.93. The maximum Gasteiger partial charge on any atom is 0.257 e. The summed E-state index contributed by atoms with van der Waals surface area (Å²) < 4.78 is 0. The Bertz CT molecular complexity index is 1180. The van der Waals surface area contributed by atoms with Gasteiger partial charge in [-0.25, -0.2) is 4.98 Å². The number of fused-ring (bicyclic) bond motifs is 1. The fourth-order valence-electron chi connectivity index (χ4n) is 2.87. The molecule has 0 saturated carbocycles. The predicted octanol–water partition coefficient (Wildman–Crippen LogP) is 5.32. The summed E-state index contributed by atoms with van der Waals surface area (Å²) in [5, 5.41) is 6.42. The summed E-state index contributed by atoms with van der Waals surface area (Å²) in [5.74, 6) is 0.480. The van der Waals surface area contributed by atoms with Gasteiger partial charge in [0.25, 0.3) is 5.91 Å². The molecule has 0 spiro atoms. The number of anilines is 1. The number of hydrogen-bond acceptors (Lipinski definition) is 3. The van der Waals surface area contributed by atoms with Crippen molar-refractivity contribution in [2.75, 3.05) is 5.32 Å². The number of imidazole rings is 1. The first kappa shape index (κ1) is 19.1. The lowest BCUT2D eigenvalue weighted by atomic mass is 10.1. The zero-order valence-corrected chi connectivity index (χ0v) is 17.1. The molecule has 0 bridgehead atoms. The molecule has 0 radical (unpaired) electrons. The highest BCUT2D eigenvalue weighted by molar-refractivity contribution is 7.80. The number of halogens is 1. The number of nitrogens with one attached hydrogen (secondary N) is 3. The topological polar surface area (TPSA) is 69.8 Å². The Kier molecular flexibility index (Phi) is 5.29. The molecule has 0 saturated heterocycles. The van der Waals surface area contributed by atoms with Crippen LogP contribution in [0.3, 0.4) is 0 Å². The Hall–Kier alpha value is -3.22. The number of H-pyrrole nitrogens is 1. The van der Waals surface area contributed by atoms with Crippen LogP contribution in [0.2, 0.25) is 5.02 Å². The molecule has 3 aromatic carbocycles. The van der Waals surface area contributed by atoms with Crippen LogP contribution in [-0.4, -0.2) is 21.0 Å². The second kappa shape index (κ2) is 8.03. The summed E-state index contributed by atoms with van der Waals surface area (Å²) in [6, 6.07) is 20.6. The monoisotopic (exact) mass is 420 g/mol. The molecule has 4 rings (SSSR count). The van der Waals surface area contributed by atoms with Gasteiger partial charge >= 0.3 is 0 Å². The Labute approximate surface area is 178 Å². The summed E-state index contributed by atoms with van der Waals surface area (Å²) in [6.45, 7) is 1.88. The number of aryl methyl sites for hydroxylation is 1. The fraction of sp³-hybridized carbons (Fsp3) is 0.0455. The zero-order chi connectivity index (χ0) is 20.4. The average molecular weight is 421 g/mol. The molecule has 1 aromatic heterocycles. The van der Waals surface area contributed by atoms with E-state index in [2.05, 4.69) is 20.6 Å². The van der Waals surface area contributed by atoms with Crippen molar-refractivity contribution in [3.63, 3.8) is 0 Å². The molecule has 5 nitrogen and oxygen atoms in total. The quantitative estimate of drug-likeness (QED) is 0.392. The minimum absolute atomic E-state index is 0.211. The molecule has 0 atom stereocenters. The van der Waals surface area contributed by atoms with E-state index in [1.54, 1.807) is 18.2 Å². The normalized spacial score (nSPS) is 10.7. The standard InChI is InChI=1S/C22H17ClN4OS/c1-13-6-7-15(12-17(13)23)21(28)27-22(29)24-16-10-8-14(9-11-16)20-25-18-4-2-3-5-19(18)26-20/h2-12H,1H3,(H,25,26)(H2,24,27,28,29). The summed E-state index contributed by atoms with van der Waals surface area (Å²) in [5.41, 5.74) is 4.99. The minimum atomic E-state index is -0.316. The van der Waals surface area contributed by atoms with Gasteiger partial charge in [-0.05, 0) is 73.2 Å². The van der Waals surface area contributed by atoms with Crippen LogP contribution in [0.5, 0.6) is 0 Å². The lowest BCUT2D eigenvalue weighted by Gasteiger charge is -2.10. The van der Waals surface area contributed by atoms with E-state index in [0.717, 1.165) is 33.7 Å². The summed E-state index contributed by atoms with van der Waals surface area (Å²) in [6.07, 6.45) is 0. The molecule has 1 amide bonds. The van der Waals surface area contributed by atoms with Gasteiger partial charge in [0.1, 0.15) is 5.82 Å². The number of benzene rings is 3. The highest BCUT2D eigenvalue weighted by Crippen LogP contribution is 2.22. The number of amides is 1. The van der Waals surface area contributed by atoms with E-state index in [9.17, 15) is 4.79 Å². The molecular weight excluding hydrogens is 404 g/mol. The third kappa shape index (κ3) is 4.29. The molecule has 29 heavy (non-hydrogen) atoms. The van der Waals surface area contributed by atoms with E-state index in [1.165, 1.54) is 0 Å².